The van der Waals surface area contributed by atoms with E-state index in [1.165, 1.54) is 0 Å². The van der Waals surface area contributed by atoms with Crippen LogP contribution in [0.25, 0.3) is 23.4 Å². The minimum Gasteiger partial charge on any atom is -0.461 e. The molecular formula is C19H16N2O3. The Morgan fingerprint density at radius 2 is 2.08 bits per heavy atom. The van der Waals surface area contributed by atoms with Crippen LogP contribution in [0.4, 0.5) is 0 Å². The number of carbonyl (C=O) groups is 1. The van der Waals surface area contributed by atoms with Crippen LogP contribution in [-0.4, -0.2) is 22.7 Å². The first-order valence-electron chi connectivity index (χ1n) is 7.59. The molecule has 0 radical (unpaired) electrons. The van der Waals surface area contributed by atoms with E-state index in [0.29, 0.717) is 12.4 Å². The molecule has 3 rings (SSSR count). The summed E-state index contributed by atoms with van der Waals surface area (Å²) >= 11 is 0. The average molecular weight is 320 g/mol. The third-order valence-corrected chi connectivity index (χ3v) is 3.30. The Bertz CT molecular complexity index is 854. The van der Waals surface area contributed by atoms with Crippen LogP contribution >= 0.6 is 0 Å². The molecule has 0 aliphatic rings. The zero-order chi connectivity index (χ0) is 16.8. The van der Waals surface area contributed by atoms with Crippen LogP contribution in [0.15, 0.2) is 59.3 Å². The summed E-state index contributed by atoms with van der Waals surface area (Å²) in [7, 11) is 0. The van der Waals surface area contributed by atoms with E-state index in [0.717, 1.165) is 16.8 Å². The van der Waals surface area contributed by atoms with Crippen LogP contribution in [0.1, 0.15) is 28.7 Å². The van der Waals surface area contributed by atoms with Crippen LogP contribution in [0.2, 0.25) is 0 Å². The van der Waals surface area contributed by atoms with E-state index in [1.54, 1.807) is 25.3 Å². The summed E-state index contributed by atoms with van der Waals surface area (Å²) in [5.41, 5.74) is 3.10. The highest BCUT2D eigenvalue weighted by Gasteiger charge is 2.11. The molecule has 0 fully saturated rings. The first-order chi connectivity index (χ1) is 11.8. The van der Waals surface area contributed by atoms with E-state index in [2.05, 4.69) is 10.1 Å². The molecule has 120 valence electrons. The van der Waals surface area contributed by atoms with Crippen LogP contribution in [0.3, 0.4) is 0 Å². The molecule has 0 amide bonds. The predicted molar refractivity (Wildman–Crippen MR) is 91.1 cm³/mol. The molecule has 5 heteroatoms. The zero-order valence-corrected chi connectivity index (χ0v) is 13.2. The van der Waals surface area contributed by atoms with E-state index in [-0.39, 0.29) is 5.69 Å². The van der Waals surface area contributed by atoms with Gasteiger partial charge in [-0.2, -0.15) is 0 Å². The van der Waals surface area contributed by atoms with Gasteiger partial charge < -0.3 is 9.26 Å². The molecule has 2 aromatic heterocycles. The lowest BCUT2D eigenvalue weighted by atomic mass is 10.1. The fourth-order valence-corrected chi connectivity index (χ4v) is 2.18. The van der Waals surface area contributed by atoms with Gasteiger partial charge in [-0.15, -0.1) is 0 Å². The van der Waals surface area contributed by atoms with Crippen molar-refractivity contribution in [1.29, 1.82) is 0 Å². The maximum atomic E-state index is 11.6. The van der Waals surface area contributed by atoms with Crippen molar-refractivity contribution in [3.8, 4) is 11.3 Å². The first kappa shape index (κ1) is 15.7. The van der Waals surface area contributed by atoms with Crippen molar-refractivity contribution >= 4 is 18.1 Å². The SMILES string of the molecule is CCOC(=O)c1cc(/C=C/c2cccc(-c3ccccn3)c2)on1. The number of carbonyl (C=O) groups excluding carboxylic acids is 1. The zero-order valence-electron chi connectivity index (χ0n) is 13.2. The summed E-state index contributed by atoms with van der Waals surface area (Å²) in [6, 6.07) is 15.3. The predicted octanol–water partition coefficient (Wildman–Crippen LogP) is 4.08. The highest BCUT2D eigenvalue weighted by molar-refractivity contribution is 5.87. The average Bonchev–Trinajstić information content (AvgIpc) is 3.10. The van der Waals surface area contributed by atoms with Gasteiger partial charge in [0.05, 0.1) is 12.3 Å². The fraction of sp³-hybridized carbons (Fsp3) is 0.105. The quantitative estimate of drug-likeness (QED) is 0.663. The van der Waals surface area contributed by atoms with E-state index in [1.807, 2.05) is 48.5 Å². The van der Waals surface area contributed by atoms with Gasteiger partial charge in [-0.05, 0) is 36.8 Å². The minimum absolute atomic E-state index is 0.165. The van der Waals surface area contributed by atoms with E-state index >= 15 is 0 Å². The van der Waals surface area contributed by atoms with Crippen LogP contribution in [-0.2, 0) is 4.74 Å². The van der Waals surface area contributed by atoms with Gasteiger partial charge in [0.15, 0.2) is 11.5 Å². The molecule has 0 saturated heterocycles. The number of ether oxygens (including phenoxy) is 1. The second kappa shape index (κ2) is 7.37. The van der Waals surface area contributed by atoms with Crippen molar-refractivity contribution in [3.05, 3.63) is 71.7 Å². The Morgan fingerprint density at radius 3 is 2.88 bits per heavy atom. The molecule has 1 aromatic carbocycles. The van der Waals surface area contributed by atoms with Crippen molar-refractivity contribution < 1.29 is 14.1 Å². The van der Waals surface area contributed by atoms with Crippen LogP contribution in [0.5, 0.6) is 0 Å². The second-order valence-corrected chi connectivity index (χ2v) is 5.01. The Labute approximate surface area is 139 Å². The third-order valence-electron chi connectivity index (χ3n) is 3.30. The van der Waals surface area contributed by atoms with Gasteiger partial charge in [-0.25, -0.2) is 4.79 Å². The monoisotopic (exact) mass is 320 g/mol. The van der Waals surface area contributed by atoms with Gasteiger partial charge in [-0.1, -0.05) is 35.5 Å². The van der Waals surface area contributed by atoms with Gasteiger partial charge in [0.1, 0.15) is 0 Å². The molecule has 2 heterocycles. The molecule has 0 aliphatic carbocycles. The number of hydrogen-bond donors (Lipinski definition) is 0. The topological polar surface area (TPSA) is 65.2 Å². The Balaban J connectivity index is 1.77. The van der Waals surface area contributed by atoms with Crippen molar-refractivity contribution in [1.82, 2.24) is 10.1 Å². The third kappa shape index (κ3) is 3.76. The minimum atomic E-state index is -0.488. The second-order valence-electron chi connectivity index (χ2n) is 5.01. The maximum absolute atomic E-state index is 11.6. The van der Waals surface area contributed by atoms with Crippen LogP contribution < -0.4 is 0 Å². The molecule has 24 heavy (non-hydrogen) atoms. The Hall–Kier alpha value is -3.21. The standard InChI is InChI=1S/C19H16N2O3/c1-2-23-19(22)18-13-16(24-21-18)10-9-14-6-5-7-15(12-14)17-8-3-4-11-20-17/h3-13H,2H2,1H3/b10-9+. The summed E-state index contributed by atoms with van der Waals surface area (Å²) in [6.07, 6.45) is 5.42. The van der Waals surface area contributed by atoms with E-state index in [9.17, 15) is 4.79 Å². The van der Waals surface area contributed by atoms with Crippen molar-refractivity contribution in [2.75, 3.05) is 6.61 Å². The molecule has 0 spiro atoms. The fourth-order valence-electron chi connectivity index (χ4n) is 2.18. The lowest BCUT2D eigenvalue weighted by molar-refractivity contribution is 0.0514. The number of aromatic nitrogens is 2. The van der Waals surface area contributed by atoms with Gasteiger partial charge in [0.25, 0.3) is 0 Å². The lowest BCUT2D eigenvalue weighted by Gasteiger charge is -2.01. The van der Waals surface area contributed by atoms with Crippen molar-refractivity contribution in [2.24, 2.45) is 0 Å². The number of nitrogens with zero attached hydrogens (tertiary/aromatic N) is 2. The van der Waals surface area contributed by atoms with E-state index in [4.69, 9.17) is 9.26 Å². The summed E-state index contributed by atoms with van der Waals surface area (Å²) in [5.74, 6) is -0.000610. The summed E-state index contributed by atoms with van der Waals surface area (Å²) in [4.78, 5) is 15.9. The molecular weight excluding hydrogens is 304 g/mol. The van der Waals surface area contributed by atoms with Gasteiger partial charge in [0, 0.05) is 17.8 Å². The molecule has 0 aliphatic heterocycles. The maximum Gasteiger partial charge on any atom is 0.360 e. The molecule has 0 unspecified atom stereocenters. The number of rotatable bonds is 5. The number of pyridine rings is 1. The van der Waals surface area contributed by atoms with Gasteiger partial charge in [0.2, 0.25) is 0 Å². The first-order valence-corrected chi connectivity index (χ1v) is 7.59. The summed E-state index contributed by atoms with van der Waals surface area (Å²) in [6.45, 7) is 2.05. The summed E-state index contributed by atoms with van der Waals surface area (Å²) in [5, 5.41) is 3.70. The summed E-state index contributed by atoms with van der Waals surface area (Å²) < 4.78 is 10.00. The highest BCUT2D eigenvalue weighted by atomic mass is 16.5. The molecule has 0 N–H and O–H groups in total. The number of hydrogen-bond acceptors (Lipinski definition) is 5. The molecule has 3 aromatic rings. The van der Waals surface area contributed by atoms with Crippen molar-refractivity contribution in [3.63, 3.8) is 0 Å². The number of benzene rings is 1. The van der Waals surface area contributed by atoms with Crippen molar-refractivity contribution in [2.45, 2.75) is 6.92 Å². The Kier molecular flexibility index (Phi) is 4.81. The largest absolute Gasteiger partial charge is 0.461 e. The highest BCUT2D eigenvalue weighted by Crippen LogP contribution is 2.19. The van der Waals surface area contributed by atoms with Gasteiger partial charge >= 0.3 is 5.97 Å². The van der Waals surface area contributed by atoms with Crippen LogP contribution in [0, 0.1) is 0 Å². The van der Waals surface area contributed by atoms with Gasteiger partial charge in [-0.3, -0.25) is 4.98 Å². The normalized spacial score (nSPS) is 10.9. The smallest absolute Gasteiger partial charge is 0.360 e. The van der Waals surface area contributed by atoms with E-state index < -0.39 is 5.97 Å². The lowest BCUT2D eigenvalue weighted by Crippen LogP contribution is -2.04. The molecule has 0 saturated carbocycles. The molecule has 5 nitrogen and oxygen atoms in total. The Morgan fingerprint density at radius 1 is 1.17 bits per heavy atom. The molecule has 0 bridgehead atoms. The molecule has 0 atom stereocenters. The number of esters is 1.